The second-order valence-corrected chi connectivity index (χ2v) is 7.60. The molecule has 0 amide bonds. The second-order valence-electron chi connectivity index (χ2n) is 6.24. The van der Waals surface area contributed by atoms with E-state index in [9.17, 15) is 0 Å². The summed E-state index contributed by atoms with van der Waals surface area (Å²) in [5.74, 6) is 0.703. The van der Waals surface area contributed by atoms with Gasteiger partial charge >= 0.3 is 0 Å². The lowest BCUT2D eigenvalue weighted by atomic mass is 10.2. The van der Waals surface area contributed by atoms with E-state index in [1.54, 1.807) is 4.68 Å². The molecule has 4 rings (SSSR count). The molecule has 138 valence electrons. The minimum atomic E-state index is 0.703. The van der Waals surface area contributed by atoms with Gasteiger partial charge in [-0.25, -0.2) is 0 Å². The van der Waals surface area contributed by atoms with Gasteiger partial charge in [0, 0.05) is 53.6 Å². The van der Waals surface area contributed by atoms with E-state index in [0.717, 1.165) is 41.4 Å². The molecule has 2 aromatic carbocycles. The fourth-order valence-electron chi connectivity index (χ4n) is 3.04. The van der Waals surface area contributed by atoms with Crippen molar-refractivity contribution in [1.82, 2.24) is 25.1 Å². The van der Waals surface area contributed by atoms with Crippen molar-refractivity contribution in [1.29, 1.82) is 0 Å². The molecule has 0 N–H and O–H groups in total. The van der Waals surface area contributed by atoms with Crippen molar-refractivity contribution in [2.75, 3.05) is 31.1 Å². The number of rotatable bonds is 4. The number of piperazine rings is 1. The van der Waals surface area contributed by atoms with Gasteiger partial charge in [0.2, 0.25) is 0 Å². The minimum absolute atomic E-state index is 0.703. The number of anilines is 1. The minimum Gasteiger partial charge on any atom is -0.374 e. The monoisotopic (exact) mass is 444 g/mol. The van der Waals surface area contributed by atoms with Crippen LogP contribution >= 0.6 is 27.5 Å². The number of nitrogens with zero attached hydrogens (tertiary/aromatic N) is 6. The van der Waals surface area contributed by atoms with E-state index in [-0.39, 0.29) is 0 Å². The number of benzene rings is 2. The number of hydrogen-bond acceptors (Lipinski definition) is 5. The fourth-order valence-corrected chi connectivity index (χ4v) is 3.49. The third-order valence-electron chi connectivity index (χ3n) is 4.49. The molecule has 27 heavy (non-hydrogen) atoms. The van der Waals surface area contributed by atoms with Crippen LogP contribution in [0.3, 0.4) is 0 Å². The average molecular weight is 446 g/mol. The highest BCUT2D eigenvalue weighted by atomic mass is 79.9. The first-order chi connectivity index (χ1) is 13.2. The van der Waals surface area contributed by atoms with Gasteiger partial charge in [-0.1, -0.05) is 33.6 Å². The van der Waals surface area contributed by atoms with Crippen LogP contribution in [0.1, 0.15) is 5.82 Å². The van der Waals surface area contributed by atoms with Crippen molar-refractivity contribution in [3.63, 3.8) is 0 Å². The van der Waals surface area contributed by atoms with Gasteiger partial charge in [0.25, 0.3) is 0 Å². The van der Waals surface area contributed by atoms with E-state index in [1.807, 2.05) is 48.5 Å². The van der Waals surface area contributed by atoms with Crippen LogP contribution in [-0.4, -0.2) is 51.3 Å². The molecule has 8 heteroatoms. The van der Waals surface area contributed by atoms with Gasteiger partial charge in [-0.3, -0.25) is 0 Å². The Morgan fingerprint density at radius 1 is 0.963 bits per heavy atom. The molecule has 6 nitrogen and oxygen atoms in total. The third kappa shape index (κ3) is 4.31. The lowest BCUT2D eigenvalue weighted by Gasteiger charge is -2.35. The summed E-state index contributed by atoms with van der Waals surface area (Å²) in [6, 6.07) is 15.9. The Labute approximate surface area is 171 Å². The molecule has 1 aliphatic heterocycles. The quantitative estimate of drug-likeness (QED) is 0.610. The van der Waals surface area contributed by atoms with E-state index in [0.29, 0.717) is 5.82 Å². The number of tetrazole rings is 1. The van der Waals surface area contributed by atoms with E-state index >= 15 is 0 Å². The molecule has 0 radical (unpaired) electrons. The molecule has 0 spiro atoms. The smallest absolute Gasteiger partial charge is 0.181 e. The average Bonchev–Trinajstić information content (AvgIpc) is 3.16. The Morgan fingerprint density at radius 3 is 2.48 bits per heavy atom. The van der Waals surface area contributed by atoms with Gasteiger partial charge in [0.1, 0.15) is 0 Å². The second kappa shape index (κ2) is 8.10. The van der Waals surface area contributed by atoms with Crippen LogP contribution in [0, 0.1) is 0 Å². The van der Waals surface area contributed by atoms with Crippen LogP contribution in [-0.2, 0) is 0 Å². The molecular formula is C19H18BrClN6. The predicted octanol–water partition coefficient (Wildman–Crippen LogP) is 3.87. The van der Waals surface area contributed by atoms with Crippen molar-refractivity contribution < 1.29 is 0 Å². The van der Waals surface area contributed by atoms with Crippen LogP contribution in [0.5, 0.6) is 0 Å². The molecule has 1 aromatic heterocycles. The van der Waals surface area contributed by atoms with Crippen molar-refractivity contribution in [3.8, 4) is 5.69 Å². The van der Waals surface area contributed by atoms with Crippen LogP contribution in [0.4, 0.5) is 5.69 Å². The summed E-state index contributed by atoms with van der Waals surface area (Å²) in [5.41, 5.74) is 2.10. The maximum absolute atomic E-state index is 6.10. The first-order valence-corrected chi connectivity index (χ1v) is 9.83. The highest BCUT2D eigenvalue weighted by molar-refractivity contribution is 9.10. The third-order valence-corrected chi connectivity index (χ3v) is 5.25. The summed E-state index contributed by atoms with van der Waals surface area (Å²) in [7, 11) is 0. The highest BCUT2D eigenvalue weighted by Crippen LogP contribution is 2.21. The Bertz CT molecular complexity index is 931. The molecule has 0 unspecified atom stereocenters. The molecule has 1 aliphatic rings. The zero-order valence-corrected chi connectivity index (χ0v) is 16.9. The summed E-state index contributed by atoms with van der Waals surface area (Å²) < 4.78 is 2.75. The lowest BCUT2D eigenvalue weighted by molar-refractivity contribution is 0.351. The van der Waals surface area contributed by atoms with Crippen LogP contribution in [0.2, 0.25) is 5.02 Å². The van der Waals surface area contributed by atoms with Gasteiger partial charge in [0.15, 0.2) is 5.82 Å². The molecule has 1 saturated heterocycles. The number of hydrogen-bond donors (Lipinski definition) is 0. The van der Waals surface area contributed by atoms with Crippen LogP contribution in [0.15, 0.2) is 59.2 Å². The fraction of sp³-hybridized carbons (Fsp3) is 0.211. The van der Waals surface area contributed by atoms with Gasteiger partial charge in [-0.15, -0.1) is 5.10 Å². The van der Waals surface area contributed by atoms with Gasteiger partial charge in [-0.05, 0) is 52.9 Å². The molecule has 0 atom stereocenters. The molecule has 0 aliphatic carbocycles. The SMILES string of the molecule is Clc1cccc(N2CCN(/C=C/c3nnnn3-c3ccc(Br)cc3)CC2)c1. The summed E-state index contributed by atoms with van der Waals surface area (Å²) in [5, 5.41) is 12.8. The van der Waals surface area contributed by atoms with Crippen LogP contribution in [0.25, 0.3) is 11.8 Å². The maximum Gasteiger partial charge on any atom is 0.181 e. The summed E-state index contributed by atoms with van der Waals surface area (Å²) in [6.07, 6.45) is 4.02. The largest absolute Gasteiger partial charge is 0.374 e. The summed E-state index contributed by atoms with van der Waals surface area (Å²) in [6.45, 7) is 3.76. The summed E-state index contributed by atoms with van der Waals surface area (Å²) >= 11 is 9.54. The molecule has 2 heterocycles. The Hall–Kier alpha value is -2.38. The molecule has 3 aromatic rings. The highest BCUT2D eigenvalue weighted by Gasteiger charge is 2.15. The first-order valence-electron chi connectivity index (χ1n) is 8.66. The molecular weight excluding hydrogens is 428 g/mol. The zero-order chi connectivity index (χ0) is 18.6. The molecule has 1 fully saturated rings. The standard InChI is InChI=1S/C19H18BrClN6/c20-15-4-6-17(7-5-15)27-19(22-23-24-27)8-9-25-10-12-26(13-11-25)18-3-1-2-16(21)14-18/h1-9,14H,10-13H2/b9-8+. The predicted molar refractivity (Wildman–Crippen MR) is 111 cm³/mol. The Kier molecular flexibility index (Phi) is 5.40. The van der Waals surface area contributed by atoms with Crippen LogP contribution < -0.4 is 4.90 Å². The van der Waals surface area contributed by atoms with E-state index in [4.69, 9.17) is 11.6 Å². The Morgan fingerprint density at radius 2 is 1.74 bits per heavy atom. The van der Waals surface area contributed by atoms with E-state index in [1.165, 1.54) is 5.69 Å². The molecule has 0 saturated carbocycles. The van der Waals surface area contributed by atoms with Gasteiger partial charge in [-0.2, -0.15) is 4.68 Å². The lowest BCUT2D eigenvalue weighted by Crippen LogP contribution is -2.44. The normalized spacial score (nSPS) is 14.9. The topological polar surface area (TPSA) is 50.1 Å². The van der Waals surface area contributed by atoms with E-state index < -0.39 is 0 Å². The number of halogens is 2. The van der Waals surface area contributed by atoms with E-state index in [2.05, 4.69) is 53.5 Å². The van der Waals surface area contributed by atoms with Gasteiger partial charge < -0.3 is 9.80 Å². The maximum atomic E-state index is 6.10. The first kappa shape index (κ1) is 18.0. The van der Waals surface area contributed by atoms with Crippen molar-refractivity contribution >= 4 is 39.3 Å². The van der Waals surface area contributed by atoms with Crippen molar-refractivity contribution in [2.45, 2.75) is 0 Å². The number of aromatic nitrogens is 4. The molecule has 0 bridgehead atoms. The zero-order valence-electron chi connectivity index (χ0n) is 14.5. The Balaban J connectivity index is 1.40. The summed E-state index contributed by atoms with van der Waals surface area (Å²) in [4.78, 5) is 4.63. The van der Waals surface area contributed by atoms with Crippen molar-refractivity contribution in [2.24, 2.45) is 0 Å². The van der Waals surface area contributed by atoms with Crippen molar-refractivity contribution in [3.05, 3.63) is 70.1 Å². The van der Waals surface area contributed by atoms with Gasteiger partial charge in [0.05, 0.1) is 5.69 Å².